The van der Waals surface area contributed by atoms with E-state index < -0.39 is 17.7 Å². The summed E-state index contributed by atoms with van der Waals surface area (Å²) in [6.45, 7) is 4.28. The van der Waals surface area contributed by atoms with E-state index in [0.717, 1.165) is 0 Å². The first kappa shape index (κ1) is 22.4. The summed E-state index contributed by atoms with van der Waals surface area (Å²) >= 11 is 0. The second kappa shape index (κ2) is 9.66. The van der Waals surface area contributed by atoms with Crippen LogP contribution in [0.25, 0.3) is 5.76 Å². The number of likely N-dealkylation sites (tertiary alicyclic amines) is 1. The molecule has 7 heteroatoms. The lowest BCUT2D eigenvalue weighted by atomic mass is 9.94. The number of aliphatic hydroxyl groups is 1. The van der Waals surface area contributed by atoms with Crippen molar-refractivity contribution in [2.45, 2.75) is 26.0 Å². The van der Waals surface area contributed by atoms with Crippen molar-refractivity contribution in [3.8, 4) is 11.5 Å². The minimum Gasteiger partial charge on any atom is -0.506 e. The summed E-state index contributed by atoms with van der Waals surface area (Å²) < 4.78 is 16.4. The number of hydrogen-bond donors (Lipinski definition) is 1. The Labute approximate surface area is 181 Å². The van der Waals surface area contributed by atoms with Gasteiger partial charge in [0.05, 0.1) is 38.5 Å². The summed E-state index contributed by atoms with van der Waals surface area (Å²) in [6, 6.07) is 13.4. The van der Waals surface area contributed by atoms with Crippen LogP contribution in [0.2, 0.25) is 0 Å². The van der Waals surface area contributed by atoms with E-state index in [-0.39, 0.29) is 36.2 Å². The average molecular weight is 425 g/mol. The largest absolute Gasteiger partial charge is 0.506 e. The van der Waals surface area contributed by atoms with Crippen molar-refractivity contribution < 1.29 is 28.9 Å². The number of ketones is 1. The van der Waals surface area contributed by atoms with Crippen LogP contribution in [0.5, 0.6) is 11.5 Å². The van der Waals surface area contributed by atoms with E-state index in [0.29, 0.717) is 17.1 Å². The van der Waals surface area contributed by atoms with Gasteiger partial charge in [-0.25, -0.2) is 0 Å². The molecule has 7 nitrogen and oxygen atoms in total. The molecule has 1 atom stereocenters. The van der Waals surface area contributed by atoms with Gasteiger partial charge in [0, 0.05) is 6.54 Å². The third-order valence-corrected chi connectivity index (χ3v) is 5.10. The van der Waals surface area contributed by atoms with Crippen LogP contribution < -0.4 is 9.47 Å². The van der Waals surface area contributed by atoms with Crippen molar-refractivity contribution in [2.24, 2.45) is 0 Å². The Morgan fingerprint density at radius 1 is 1.00 bits per heavy atom. The third-order valence-electron chi connectivity index (χ3n) is 5.10. The Bertz CT molecular complexity index is 961. The highest BCUT2D eigenvalue weighted by molar-refractivity contribution is 6.46. The Balaban J connectivity index is 2.17. The normalized spacial score (nSPS) is 18.0. The number of nitrogens with zero attached hydrogens (tertiary/aromatic N) is 1. The molecule has 1 aliphatic rings. The van der Waals surface area contributed by atoms with Crippen LogP contribution in [0, 0.1) is 0 Å². The van der Waals surface area contributed by atoms with Crippen LogP contribution in [0.3, 0.4) is 0 Å². The molecule has 1 unspecified atom stereocenters. The zero-order valence-electron chi connectivity index (χ0n) is 18.1. The monoisotopic (exact) mass is 425 g/mol. The molecule has 0 aromatic heterocycles. The highest BCUT2D eigenvalue weighted by atomic mass is 16.5. The van der Waals surface area contributed by atoms with E-state index >= 15 is 0 Å². The summed E-state index contributed by atoms with van der Waals surface area (Å²) in [5.41, 5.74) is 0.926. The zero-order chi connectivity index (χ0) is 22.5. The first-order chi connectivity index (χ1) is 14.9. The minimum atomic E-state index is -0.760. The molecular weight excluding hydrogens is 398 g/mol. The number of benzene rings is 2. The summed E-state index contributed by atoms with van der Waals surface area (Å²) in [4.78, 5) is 27.4. The summed E-state index contributed by atoms with van der Waals surface area (Å²) in [5, 5.41) is 11.3. The summed E-state index contributed by atoms with van der Waals surface area (Å²) in [7, 11) is 2.92. The number of carbonyl (C=O) groups is 2. The molecule has 2 aromatic rings. The van der Waals surface area contributed by atoms with Gasteiger partial charge in [0.1, 0.15) is 22.8 Å². The molecule has 0 aliphatic carbocycles. The predicted molar refractivity (Wildman–Crippen MR) is 116 cm³/mol. The molecule has 1 amide bonds. The molecule has 164 valence electrons. The number of hydrogen-bond acceptors (Lipinski definition) is 6. The van der Waals surface area contributed by atoms with Crippen LogP contribution in [-0.4, -0.2) is 55.2 Å². The Morgan fingerprint density at radius 3 is 2.16 bits per heavy atom. The third kappa shape index (κ3) is 4.41. The topological polar surface area (TPSA) is 85.3 Å². The number of ether oxygens (including phenoxy) is 3. The van der Waals surface area contributed by atoms with Crippen LogP contribution in [0.1, 0.15) is 31.0 Å². The molecular formula is C24H27NO6. The molecule has 1 fully saturated rings. The SMILES string of the molecule is COc1cccc(OC)c1/C(O)=C1\C(=O)C(=O)N(CCOC(C)C)C1c1ccccc1. The number of carbonyl (C=O) groups excluding carboxylic acids is 2. The fourth-order valence-corrected chi connectivity index (χ4v) is 3.70. The zero-order valence-corrected chi connectivity index (χ0v) is 18.1. The Morgan fingerprint density at radius 2 is 1.61 bits per heavy atom. The lowest BCUT2D eigenvalue weighted by Crippen LogP contribution is -2.33. The quantitative estimate of drug-likeness (QED) is 0.396. The molecule has 1 N–H and O–H groups in total. The van der Waals surface area contributed by atoms with Gasteiger partial charge < -0.3 is 24.2 Å². The fourth-order valence-electron chi connectivity index (χ4n) is 3.70. The molecule has 0 bridgehead atoms. The fraction of sp³-hybridized carbons (Fsp3) is 0.333. The van der Waals surface area contributed by atoms with Gasteiger partial charge in [0.2, 0.25) is 0 Å². The van der Waals surface area contributed by atoms with Gasteiger partial charge in [-0.3, -0.25) is 9.59 Å². The summed E-state index contributed by atoms with van der Waals surface area (Å²) in [5.74, 6) is -1.12. The van der Waals surface area contributed by atoms with Crippen molar-refractivity contribution >= 4 is 17.4 Å². The molecule has 2 aromatic carbocycles. The molecule has 0 saturated carbocycles. The number of methoxy groups -OCH3 is 2. The van der Waals surface area contributed by atoms with E-state index in [1.54, 1.807) is 18.2 Å². The van der Waals surface area contributed by atoms with E-state index in [2.05, 4.69) is 0 Å². The average Bonchev–Trinajstić information content (AvgIpc) is 3.03. The highest BCUT2D eigenvalue weighted by Gasteiger charge is 2.46. The minimum absolute atomic E-state index is 0.00941. The van der Waals surface area contributed by atoms with Crippen LogP contribution in [0.15, 0.2) is 54.1 Å². The lowest BCUT2D eigenvalue weighted by Gasteiger charge is -2.26. The molecule has 0 spiro atoms. The van der Waals surface area contributed by atoms with Crippen molar-refractivity contribution in [1.82, 2.24) is 4.90 Å². The van der Waals surface area contributed by atoms with Crippen LogP contribution in [-0.2, 0) is 14.3 Å². The standard InChI is InChI=1S/C24H27NO6/c1-15(2)31-14-13-25-21(16-9-6-5-7-10-16)20(23(27)24(25)28)22(26)19-17(29-3)11-8-12-18(19)30-4/h5-12,15,21,26H,13-14H2,1-4H3/b22-20+. The smallest absolute Gasteiger partial charge is 0.295 e. The van der Waals surface area contributed by atoms with E-state index in [4.69, 9.17) is 14.2 Å². The molecule has 0 radical (unpaired) electrons. The van der Waals surface area contributed by atoms with Gasteiger partial charge in [-0.05, 0) is 31.5 Å². The number of amides is 1. The maximum absolute atomic E-state index is 13.1. The van der Waals surface area contributed by atoms with Gasteiger partial charge in [0.25, 0.3) is 11.7 Å². The van der Waals surface area contributed by atoms with E-state index in [9.17, 15) is 14.7 Å². The van der Waals surface area contributed by atoms with Crippen molar-refractivity contribution in [3.05, 3.63) is 65.2 Å². The first-order valence-electron chi connectivity index (χ1n) is 10.1. The van der Waals surface area contributed by atoms with Crippen LogP contribution >= 0.6 is 0 Å². The van der Waals surface area contributed by atoms with Gasteiger partial charge in [-0.1, -0.05) is 36.4 Å². The number of rotatable bonds is 8. The van der Waals surface area contributed by atoms with Crippen molar-refractivity contribution in [3.63, 3.8) is 0 Å². The van der Waals surface area contributed by atoms with E-state index in [1.807, 2.05) is 44.2 Å². The van der Waals surface area contributed by atoms with Gasteiger partial charge >= 0.3 is 0 Å². The number of Topliss-reactive ketones (excluding diaryl/α,β-unsaturated/α-hetero) is 1. The maximum Gasteiger partial charge on any atom is 0.295 e. The van der Waals surface area contributed by atoms with Crippen molar-refractivity contribution in [1.29, 1.82) is 0 Å². The Kier molecular flexibility index (Phi) is 6.97. The van der Waals surface area contributed by atoms with Gasteiger partial charge in [-0.2, -0.15) is 0 Å². The van der Waals surface area contributed by atoms with E-state index in [1.165, 1.54) is 19.1 Å². The van der Waals surface area contributed by atoms with Gasteiger partial charge in [-0.15, -0.1) is 0 Å². The highest BCUT2D eigenvalue weighted by Crippen LogP contribution is 2.43. The number of aliphatic hydroxyl groups excluding tert-OH is 1. The lowest BCUT2D eigenvalue weighted by molar-refractivity contribution is -0.140. The molecule has 31 heavy (non-hydrogen) atoms. The summed E-state index contributed by atoms with van der Waals surface area (Å²) in [6.07, 6.45) is -0.00941. The molecule has 1 saturated heterocycles. The second-order valence-electron chi connectivity index (χ2n) is 7.36. The van der Waals surface area contributed by atoms with Crippen molar-refractivity contribution in [2.75, 3.05) is 27.4 Å². The van der Waals surface area contributed by atoms with Crippen LogP contribution in [0.4, 0.5) is 0 Å². The first-order valence-corrected chi connectivity index (χ1v) is 10.1. The second-order valence-corrected chi connectivity index (χ2v) is 7.36. The molecule has 1 heterocycles. The molecule has 3 rings (SSSR count). The molecule has 1 aliphatic heterocycles. The van der Waals surface area contributed by atoms with Gasteiger partial charge in [0.15, 0.2) is 0 Å². The maximum atomic E-state index is 13.1. The Hall–Kier alpha value is -3.32. The predicted octanol–water partition coefficient (Wildman–Crippen LogP) is 3.55.